The van der Waals surface area contributed by atoms with E-state index in [0.717, 1.165) is 22.4 Å². The normalized spacial score (nSPS) is 10.6. The Morgan fingerprint density at radius 3 is 2.68 bits per heavy atom. The first-order valence-corrected chi connectivity index (χ1v) is 5.92. The van der Waals surface area contributed by atoms with Crippen LogP contribution in [-0.2, 0) is 0 Å². The summed E-state index contributed by atoms with van der Waals surface area (Å²) in [6, 6.07) is 7.92. The highest BCUT2D eigenvalue weighted by Gasteiger charge is 2.14. The molecule has 0 fully saturated rings. The highest BCUT2D eigenvalue weighted by atomic mass is 16.5. The van der Waals surface area contributed by atoms with Crippen molar-refractivity contribution in [2.24, 2.45) is 0 Å². The van der Waals surface area contributed by atoms with E-state index < -0.39 is 0 Å². The second-order valence-corrected chi connectivity index (χ2v) is 4.26. The summed E-state index contributed by atoms with van der Waals surface area (Å²) in [6.07, 6.45) is 3.18. The summed E-state index contributed by atoms with van der Waals surface area (Å²) in [7, 11) is 0. The predicted molar refractivity (Wildman–Crippen MR) is 70.2 cm³/mol. The van der Waals surface area contributed by atoms with Gasteiger partial charge >= 0.3 is 0 Å². The molecule has 0 amide bonds. The van der Waals surface area contributed by atoms with Crippen molar-refractivity contribution in [3.8, 4) is 22.8 Å². The van der Waals surface area contributed by atoms with Crippen molar-refractivity contribution in [2.45, 2.75) is 13.8 Å². The molecule has 0 spiro atoms. The Labute approximate surface area is 110 Å². The quantitative estimate of drug-likeness (QED) is 0.701. The van der Waals surface area contributed by atoms with Crippen LogP contribution in [0, 0.1) is 13.8 Å². The Balaban J connectivity index is 2.06. The molecule has 0 saturated heterocycles. The van der Waals surface area contributed by atoms with Gasteiger partial charge < -0.3 is 4.52 Å². The van der Waals surface area contributed by atoms with E-state index in [4.69, 9.17) is 4.52 Å². The van der Waals surface area contributed by atoms with Gasteiger partial charge in [-0.25, -0.2) is 9.97 Å². The van der Waals surface area contributed by atoms with Gasteiger partial charge in [-0.1, -0.05) is 29.4 Å². The fourth-order valence-corrected chi connectivity index (χ4v) is 1.87. The number of nitrogens with zero attached hydrogens (tertiary/aromatic N) is 4. The van der Waals surface area contributed by atoms with E-state index in [9.17, 15) is 0 Å². The van der Waals surface area contributed by atoms with Gasteiger partial charge in [0.1, 0.15) is 6.33 Å². The maximum Gasteiger partial charge on any atom is 0.261 e. The highest BCUT2D eigenvalue weighted by molar-refractivity contribution is 5.62. The molecule has 0 radical (unpaired) electrons. The van der Waals surface area contributed by atoms with E-state index in [-0.39, 0.29) is 0 Å². The van der Waals surface area contributed by atoms with Crippen LogP contribution in [0.15, 0.2) is 41.3 Å². The molecule has 2 heterocycles. The number of aryl methyl sites for hydroxylation is 2. The van der Waals surface area contributed by atoms with Gasteiger partial charge in [0.25, 0.3) is 5.89 Å². The molecule has 5 nitrogen and oxygen atoms in total. The lowest BCUT2D eigenvalue weighted by atomic mass is 10.1. The number of benzene rings is 1. The first-order chi connectivity index (χ1) is 9.25. The van der Waals surface area contributed by atoms with Gasteiger partial charge in [-0.2, -0.15) is 4.98 Å². The molecule has 94 valence electrons. The molecule has 0 saturated carbocycles. The van der Waals surface area contributed by atoms with Crippen molar-refractivity contribution >= 4 is 0 Å². The van der Waals surface area contributed by atoms with Gasteiger partial charge in [0.15, 0.2) is 0 Å². The van der Waals surface area contributed by atoms with Gasteiger partial charge in [-0.15, -0.1) is 0 Å². The van der Waals surface area contributed by atoms with Gasteiger partial charge in [-0.3, -0.25) is 0 Å². The first kappa shape index (κ1) is 11.5. The minimum atomic E-state index is 0.441. The SMILES string of the molecule is Cc1ccccc1-c1noc(-c2cncnc2C)n1. The third-order valence-corrected chi connectivity index (χ3v) is 2.95. The molecule has 3 aromatic rings. The molecular weight excluding hydrogens is 240 g/mol. The van der Waals surface area contributed by atoms with Gasteiger partial charge in [0.2, 0.25) is 5.82 Å². The van der Waals surface area contributed by atoms with E-state index in [2.05, 4.69) is 20.1 Å². The summed E-state index contributed by atoms with van der Waals surface area (Å²) in [6.45, 7) is 3.90. The zero-order valence-corrected chi connectivity index (χ0v) is 10.7. The van der Waals surface area contributed by atoms with E-state index >= 15 is 0 Å². The lowest BCUT2D eigenvalue weighted by molar-refractivity contribution is 0.431. The lowest BCUT2D eigenvalue weighted by Crippen LogP contribution is -1.89. The average molecular weight is 252 g/mol. The third kappa shape index (κ3) is 2.10. The minimum absolute atomic E-state index is 0.441. The smallest absolute Gasteiger partial charge is 0.261 e. The van der Waals surface area contributed by atoms with Gasteiger partial charge in [0.05, 0.1) is 11.3 Å². The van der Waals surface area contributed by atoms with Crippen molar-refractivity contribution in [1.82, 2.24) is 20.1 Å². The molecule has 0 bridgehead atoms. The number of aromatic nitrogens is 4. The molecule has 0 aliphatic carbocycles. The maximum absolute atomic E-state index is 5.30. The van der Waals surface area contributed by atoms with Crippen molar-refractivity contribution < 1.29 is 4.52 Å². The van der Waals surface area contributed by atoms with Crippen LogP contribution in [0.4, 0.5) is 0 Å². The maximum atomic E-state index is 5.30. The van der Waals surface area contributed by atoms with E-state index in [1.807, 2.05) is 38.1 Å². The fraction of sp³-hybridized carbons (Fsp3) is 0.143. The van der Waals surface area contributed by atoms with Crippen LogP contribution in [0.5, 0.6) is 0 Å². The summed E-state index contributed by atoms with van der Waals surface area (Å²) in [4.78, 5) is 12.5. The molecular formula is C14H12N4O. The van der Waals surface area contributed by atoms with Crippen LogP contribution in [0.25, 0.3) is 22.8 Å². The van der Waals surface area contributed by atoms with Crippen LogP contribution in [0.1, 0.15) is 11.3 Å². The molecule has 1 aromatic carbocycles. The van der Waals surface area contributed by atoms with Crippen molar-refractivity contribution in [2.75, 3.05) is 0 Å². The summed E-state index contributed by atoms with van der Waals surface area (Å²) >= 11 is 0. The Kier molecular flexibility index (Phi) is 2.79. The fourth-order valence-electron chi connectivity index (χ4n) is 1.87. The van der Waals surface area contributed by atoms with Gasteiger partial charge in [0, 0.05) is 11.8 Å². The Bertz CT molecular complexity index is 661. The predicted octanol–water partition coefficient (Wildman–Crippen LogP) is 2.81. The number of hydrogen-bond donors (Lipinski definition) is 0. The summed E-state index contributed by atoms with van der Waals surface area (Å²) in [5.74, 6) is 1.02. The van der Waals surface area contributed by atoms with Crippen molar-refractivity contribution in [3.63, 3.8) is 0 Å². The second kappa shape index (κ2) is 4.61. The van der Waals surface area contributed by atoms with Crippen molar-refractivity contribution in [1.29, 1.82) is 0 Å². The van der Waals surface area contributed by atoms with E-state index in [0.29, 0.717) is 11.7 Å². The molecule has 19 heavy (non-hydrogen) atoms. The largest absolute Gasteiger partial charge is 0.333 e. The molecule has 0 N–H and O–H groups in total. The van der Waals surface area contributed by atoms with Crippen LogP contribution in [0.2, 0.25) is 0 Å². The molecule has 0 aliphatic heterocycles. The first-order valence-electron chi connectivity index (χ1n) is 5.92. The minimum Gasteiger partial charge on any atom is -0.333 e. The lowest BCUT2D eigenvalue weighted by Gasteiger charge is -1.98. The zero-order valence-electron chi connectivity index (χ0n) is 10.7. The Morgan fingerprint density at radius 1 is 1.05 bits per heavy atom. The highest BCUT2D eigenvalue weighted by Crippen LogP contribution is 2.24. The zero-order chi connectivity index (χ0) is 13.2. The second-order valence-electron chi connectivity index (χ2n) is 4.26. The van der Waals surface area contributed by atoms with Crippen LogP contribution < -0.4 is 0 Å². The molecule has 2 aromatic heterocycles. The summed E-state index contributed by atoms with van der Waals surface area (Å²) < 4.78 is 5.30. The Hall–Kier alpha value is -2.56. The standard InChI is InChI=1S/C14H12N4O/c1-9-5-3-4-6-11(9)13-17-14(19-18-13)12-7-15-8-16-10(12)2/h3-8H,1-2H3. The van der Waals surface area contributed by atoms with Crippen LogP contribution in [-0.4, -0.2) is 20.1 Å². The monoisotopic (exact) mass is 252 g/mol. The topological polar surface area (TPSA) is 64.7 Å². The van der Waals surface area contributed by atoms with Crippen LogP contribution in [0.3, 0.4) is 0 Å². The number of rotatable bonds is 2. The average Bonchev–Trinajstić information content (AvgIpc) is 2.89. The third-order valence-electron chi connectivity index (χ3n) is 2.95. The Morgan fingerprint density at radius 2 is 1.89 bits per heavy atom. The molecule has 3 rings (SSSR count). The summed E-state index contributed by atoms with van der Waals surface area (Å²) in [5.41, 5.74) is 3.65. The van der Waals surface area contributed by atoms with Gasteiger partial charge in [-0.05, 0) is 19.4 Å². The number of hydrogen-bond acceptors (Lipinski definition) is 5. The van der Waals surface area contributed by atoms with Crippen LogP contribution >= 0.6 is 0 Å². The van der Waals surface area contributed by atoms with Crippen molar-refractivity contribution in [3.05, 3.63) is 48.0 Å². The van der Waals surface area contributed by atoms with E-state index in [1.54, 1.807) is 6.20 Å². The van der Waals surface area contributed by atoms with E-state index in [1.165, 1.54) is 6.33 Å². The molecule has 0 unspecified atom stereocenters. The molecule has 0 atom stereocenters. The molecule has 5 heteroatoms. The summed E-state index contributed by atoms with van der Waals surface area (Å²) in [5, 5.41) is 4.02. The molecule has 0 aliphatic rings.